The lowest BCUT2D eigenvalue weighted by molar-refractivity contribution is -0.122. The number of hydrogen-bond acceptors (Lipinski definition) is 3. The molecule has 0 spiro atoms. The number of aliphatic hydroxyl groups excluding tert-OH is 1. The van der Waals surface area contributed by atoms with Gasteiger partial charge in [-0.05, 0) is 32.0 Å². The van der Waals surface area contributed by atoms with Crippen LogP contribution >= 0.6 is 0 Å². The van der Waals surface area contributed by atoms with Crippen molar-refractivity contribution in [1.82, 2.24) is 0 Å². The Balaban J connectivity index is 2.04. The molecule has 21 heavy (non-hydrogen) atoms. The molecule has 2 aromatic carbocycles. The largest absolute Gasteiger partial charge is 0.481 e. The van der Waals surface area contributed by atoms with Crippen LogP contribution in [0.25, 0.3) is 0 Å². The zero-order valence-corrected chi connectivity index (χ0v) is 12.2. The molecule has 4 heteroatoms. The predicted octanol–water partition coefficient (Wildman–Crippen LogP) is 2.89. The number of ether oxygens (including phenoxy) is 1. The fourth-order valence-electron chi connectivity index (χ4n) is 1.96. The van der Waals surface area contributed by atoms with Crippen molar-refractivity contribution in [2.45, 2.75) is 26.6 Å². The van der Waals surface area contributed by atoms with Crippen LogP contribution in [0.15, 0.2) is 48.5 Å². The zero-order chi connectivity index (χ0) is 15.2. The van der Waals surface area contributed by atoms with Crippen LogP contribution in [-0.2, 0) is 11.4 Å². The van der Waals surface area contributed by atoms with Crippen LogP contribution in [0.4, 0.5) is 5.69 Å². The van der Waals surface area contributed by atoms with E-state index >= 15 is 0 Å². The van der Waals surface area contributed by atoms with E-state index in [9.17, 15) is 9.90 Å². The number of hydrogen-bond donors (Lipinski definition) is 2. The summed E-state index contributed by atoms with van der Waals surface area (Å²) in [5, 5.41) is 12.1. The van der Waals surface area contributed by atoms with Crippen molar-refractivity contribution < 1.29 is 14.6 Å². The van der Waals surface area contributed by atoms with Crippen molar-refractivity contribution in [2.75, 3.05) is 5.32 Å². The smallest absolute Gasteiger partial charge is 0.265 e. The highest BCUT2D eigenvalue weighted by Gasteiger charge is 2.16. The van der Waals surface area contributed by atoms with Gasteiger partial charge in [0.15, 0.2) is 6.10 Å². The van der Waals surface area contributed by atoms with Crippen LogP contribution in [0, 0.1) is 6.92 Å². The number of rotatable bonds is 5. The standard InChI is InChI=1S/C17H19NO3/c1-12-8-9-16(14(10-12)11-19)21-13(2)17(20)18-15-6-4-3-5-7-15/h3-10,13,19H,11H2,1-2H3,(H,18,20). The summed E-state index contributed by atoms with van der Waals surface area (Å²) < 4.78 is 5.65. The summed E-state index contributed by atoms with van der Waals surface area (Å²) in [7, 11) is 0. The molecule has 0 bridgehead atoms. The first-order valence-electron chi connectivity index (χ1n) is 6.83. The lowest BCUT2D eigenvalue weighted by Gasteiger charge is -2.17. The first kappa shape index (κ1) is 15.1. The molecule has 0 saturated heterocycles. The summed E-state index contributed by atoms with van der Waals surface area (Å²) in [6.45, 7) is 3.50. The summed E-state index contributed by atoms with van der Waals surface area (Å²) in [6.07, 6.45) is -0.654. The Morgan fingerprint density at radius 3 is 2.62 bits per heavy atom. The molecule has 4 nitrogen and oxygen atoms in total. The van der Waals surface area contributed by atoms with Gasteiger partial charge < -0.3 is 15.2 Å². The van der Waals surface area contributed by atoms with Crippen molar-refractivity contribution in [1.29, 1.82) is 0 Å². The third-order valence-corrected chi connectivity index (χ3v) is 3.10. The highest BCUT2D eigenvalue weighted by atomic mass is 16.5. The maximum Gasteiger partial charge on any atom is 0.265 e. The van der Waals surface area contributed by atoms with Gasteiger partial charge in [0, 0.05) is 11.3 Å². The second-order valence-electron chi connectivity index (χ2n) is 4.88. The van der Waals surface area contributed by atoms with Crippen LogP contribution in [0.5, 0.6) is 5.75 Å². The number of amides is 1. The number of carbonyl (C=O) groups is 1. The normalized spacial score (nSPS) is 11.8. The highest BCUT2D eigenvalue weighted by molar-refractivity contribution is 5.94. The van der Waals surface area contributed by atoms with Crippen molar-refractivity contribution in [3.63, 3.8) is 0 Å². The number of para-hydroxylation sites is 1. The molecule has 0 heterocycles. The van der Waals surface area contributed by atoms with Crippen LogP contribution < -0.4 is 10.1 Å². The second kappa shape index (κ2) is 6.90. The van der Waals surface area contributed by atoms with Crippen molar-refractivity contribution >= 4 is 11.6 Å². The number of nitrogens with one attached hydrogen (secondary N) is 1. The van der Waals surface area contributed by atoms with Gasteiger partial charge in [-0.25, -0.2) is 0 Å². The Hall–Kier alpha value is -2.33. The van der Waals surface area contributed by atoms with E-state index in [2.05, 4.69) is 5.32 Å². The lowest BCUT2D eigenvalue weighted by atomic mass is 10.1. The topological polar surface area (TPSA) is 58.6 Å². The highest BCUT2D eigenvalue weighted by Crippen LogP contribution is 2.21. The molecule has 1 atom stereocenters. The number of anilines is 1. The van der Waals surface area contributed by atoms with Gasteiger partial charge in [-0.1, -0.05) is 35.9 Å². The van der Waals surface area contributed by atoms with Crippen molar-refractivity contribution in [3.8, 4) is 5.75 Å². The minimum atomic E-state index is -0.654. The molecule has 0 fully saturated rings. The third-order valence-electron chi connectivity index (χ3n) is 3.10. The van der Waals surface area contributed by atoms with Gasteiger partial charge in [0.05, 0.1) is 6.61 Å². The number of aliphatic hydroxyl groups is 1. The zero-order valence-electron chi connectivity index (χ0n) is 12.2. The van der Waals surface area contributed by atoms with E-state index in [0.717, 1.165) is 11.3 Å². The molecule has 2 aromatic rings. The second-order valence-corrected chi connectivity index (χ2v) is 4.88. The van der Waals surface area contributed by atoms with E-state index < -0.39 is 6.10 Å². The maximum atomic E-state index is 12.1. The molecule has 0 aliphatic rings. The first-order chi connectivity index (χ1) is 10.1. The number of aryl methyl sites for hydroxylation is 1. The fraction of sp³-hybridized carbons (Fsp3) is 0.235. The van der Waals surface area contributed by atoms with E-state index in [4.69, 9.17) is 4.74 Å². The number of benzene rings is 2. The van der Waals surface area contributed by atoms with Crippen LogP contribution in [0.3, 0.4) is 0 Å². The number of carbonyl (C=O) groups excluding carboxylic acids is 1. The van der Waals surface area contributed by atoms with Gasteiger partial charge in [-0.3, -0.25) is 4.79 Å². The minimum Gasteiger partial charge on any atom is -0.481 e. The monoisotopic (exact) mass is 285 g/mol. The van der Waals surface area contributed by atoms with E-state index in [1.54, 1.807) is 13.0 Å². The average molecular weight is 285 g/mol. The summed E-state index contributed by atoms with van der Waals surface area (Å²) in [6, 6.07) is 14.7. The van der Waals surface area contributed by atoms with Gasteiger partial charge in [-0.15, -0.1) is 0 Å². The van der Waals surface area contributed by atoms with E-state index in [1.807, 2.05) is 49.4 Å². The average Bonchev–Trinajstić information content (AvgIpc) is 2.49. The molecule has 0 radical (unpaired) electrons. The van der Waals surface area contributed by atoms with Gasteiger partial charge >= 0.3 is 0 Å². The molecular weight excluding hydrogens is 266 g/mol. The molecule has 0 aromatic heterocycles. The molecule has 1 amide bonds. The molecule has 110 valence electrons. The van der Waals surface area contributed by atoms with Crippen molar-refractivity contribution in [3.05, 3.63) is 59.7 Å². The van der Waals surface area contributed by atoms with Crippen LogP contribution in [-0.4, -0.2) is 17.1 Å². The van der Waals surface area contributed by atoms with Gasteiger partial charge in [0.25, 0.3) is 5.91 Å². The van der Waals surface area contributed by atoms with Gasteiger partial charge in [0.1, 0.15) is 5.75 Å². The molecule has 0 aliphatic carbocycles. The molecule has 0 aliphatic heterocycles. The van der Waals surface area contributed by atoms with Crippen molar-refractivity contribution in [2.24, 2.45) is 0 Å². The van der Waals surface area contributed by atoms with Gasteiger partial charge in [-0.2, -0.15) is 0 Å². The molecule has 2 N–H and O–H groups in total. The molecule has 1 unspecified atom stereocenters. The summed E-state index contributed by atoms with van der Waals surface area (Å²) in [5.74, 6) is 0.296. The molecule has 2 rings (SSSR count). The lowest BCUT2D eigenvalue weighted by Crippen LogP contribution is -2.30. The van der Waals surface area contributed by atoms with Crippen LogP contribution in [0.2, 0.25) is 0 Å². The van der Waals surface area contributed by atoms with E-state index in [-0.39, 0.29) is 12.5 Å². The Morgan fingerprint density at radius 1 is 1.24 bits per heavy atom. The summed E-state index contributed by atoms with van der Waals surface area (Å²) in [5.41, 5.74) is 2.44. The summed E-state index contributed by atoms with van der Waals surface area (Å²) >= 11 is 0. The molecule has 0 saturated carbocycles. The Kier molecular flexibility index (Phi) is 4.95. The quantitative estimate of drug-likeness (QED) is 0.888. The Labute approximate surface area is 124 Å². The summed E-state index contributed by atoms with van der Waals surface area (Å²) in [4.78, 5) is 12.1. The van der Waals surface area contributed by atoms with Crippen LogP contribution in [0.1, 0.15) is 18.1 Å². The first-order valence-corrected chi connectivity index (χ1v) is 6.83. The van der Waals surface area contributed by atoms with E-state index in [0.29, 0.717) is 11.3 Å². The third kappa shape index (κ3) is 4.07. The Morgan fingerprint density at radius 2 is 1.95 bits per heavy atom. The van der Waals surface area contributed by atoms with Gasteiger partial charge in [0.2, 0.25) is 0 Å². The SMILES string of the molecule is Cc1ccc(OC(C)C(=O)Nc2ccccc2)c(CO)c1. The fourth-order valence-corrected chi connectivity index (χ4v) is 1.96. The maximum absolute atomic E-state index is 12.1. The molecular formula is C17H19NO3. The van der Waals surface area contributed by atoms with E-state index in [1.165, 1.54) is 0 Å². The Bertz CT molecular complexity index is 611. The minimum absolute atomic E-state index is 0.121. The predicted molar refractivity (Wildman–Crippen MR) is 82.3 cm³/mol.